The highest BCUT2D eigenvalue weighted by Gasteiger charge is 2.30. The van der Waals surface area contributed by atoms with Gasteiger partial charge in [0, 0.05) is 51.6 Å². The summed E-state index contributed by atoms with van der Waals surface area (Å²) in [5, 5.41) is 2.94. The second-order valence-electron chi connectivity index (χ2n) is 7.79. The number of hydrogen-bond donors (Lipinski definition) is 1. The molecule has 1 unspecified atom stereocenters. The monoisotopic (exact) mass is 460 g/mol. The Bertz CT molecular complexity index is 1050. The summed E-state index contributed by atoms with van der Waals surface area (Å²) in [6.07, 6.45) is 3.67. The third kappa shape index (κ3) is 4.87. The topological polar surface area (TPSA) is 101 Å². The van der Waals surface area contributed by atoms with Gasteiger partial charge in [-0.15, -0.1) is 0 Å². The van der Waals surface area contributed by atoms with E-state index in [9.17, 15) is 13.2 Å². The molecule has 0 saturated carbocycles. The van der Waals surface area contributed by atoms with Crippen molar-refractivity contribution in [3.63, 3.8) is 0 Å². The number of aromatic nitrogens is 1. The number of carbonyl (C=O) groups excluding carboxylic acids is 1. The molecule has 3 heterocycles. The Morgan fingerprint density at radius 3 is 2.75 bits per heavy atom. The number of methoxy groups -OCH3 is 1. The van der Waals surface area contributed by atoms with Gasteiger partial charge in [0.2, 0.25) is 10.0 Å². The molecule has 0 radical (unpaired) electrons. The molecule has 0 aliphatic carbocycles. The van der Waals surface area contributed by atoms with E-state index in [1.165, 1.54) is 17.5 Å². The van der Waals surface area contributed by atoms with Crippen molar-refractivity contribution in [3.05, 3.63) is 48.2 Å². The number of benzene rings is 1. The molecule has 1 N–H and O–H groups in total. The van der Waals surface area contributed by atoms with E-state index < -0.39 is 10.0 Å². The summed E-state index contributed by atoms with van der Waals surface area (Å²) in [4.78, 5) is 19.4. The number of hydrogen-bond acceptors (Lipinski definition) is 7. The van der Waals surface area contributed by atoms with Gasteiger partial charge in [0.15, 0.2) is 0 Å². The van der Waals surface area contributed by atoms with Crippen molar-refractivity contribution in [2.45, 2.75) is 23.8 Å². The minimum Gasteiger partial charge on any atom is -0.497 e. The molecule has 0 bridgehead atoms. The molecule has 1 amide bonds. The maximum atomic E-state index is 13.0. The Kier molecular flexibility index (Phi) is 6.92. The summed E-state index contributed by atoms with van der Waals surface area (Å²) in [5.74, 6) is 0.864. The normalized spacial score (nSPS) is 19.7. The number of sulfonamides is 1. The van der Waals surface area contributed by atoms with E-state index in [4.69, 9.17) is 9.47 Å². The number of nitrogens with one attached hydrogen (secondary N) is 1. The number of pyridine rings is 1. The highest BCUT2D eigenvalue weighted by atomic mass is 32.2. The number of carbonyl (C=O) groups is 1. The van der Waals surface area contributed by atoms with E-state index in [-0.39, 0.29) is 16.9 Å². The molecule has 4 rings (SSSR count). The van der Waals surface area contributed by atoms with E-state index >= 15 is 0 Å². The van der Waals surface area contributed by atoms with Gasteiger partial charge in [-0.2, -0.15) is 4.31 Å². The van der Waals surface area contributed by atoms with Gasteiger partial charge < -0.3 is 19.7 Å². The largest absolute Gasteiger partial charge is 0.497 e. The molecule has 9 nitrogen and oxygen atoms in total. The fraction of sp³-hybridized carbons (Fsp3) is 0.455. The van der Waals surface area contributed by atoms with E-state index in [1.54, 1.807) is 36.5 Å². The molecular weight excluding hydrogens is 432 g/mol. The summed E-state index contributed by atoms with van der Waals surface area (Å²) in [5.41, 5.74) is 0.481. The fourth-order valence-electron chi connectivity index (χ4n) is 3.98. The average Bonchev–Trinajstić information content (AvgIpc) is 3.36. The Labute approximate surface area is 188 Å². The first kappa shape index (κ1) is 22.5. The molecule has 1 atom stereocenters. The molecule has 0 spiro atoms. The van der Waals surface area contributed by atoms with Gasteiger partial charge >= 0.3 is 0 Å². The van der Waals surface area contributed by atoms with Gasteiger partial charge in [-0.3, -0.25) is 4.79 Å². The van der Waals surface area contributed by atoms with Crippen molar-refractivity contribution in [2.24, 2.45) is 0 Å². The smallest absolute Gasteiger partial charge is 0.255 e. The lowest BCUT2D eigenvalue weighted by atomic mass is 10.2. The number of amides is 1. The van der Waals surface area contributed by atoms with Crippen LogP contribution in [0.5, 0.6) is 5.75 Å². The molecule has 172 valence electrons. The Balaban J connectivity index is 1.42. The van der Waals surface area contributed by atoms with Crippen LogP contribution in [0.15, 0.2) is 47.5 Å². The van der Waals surface area contributed by atoms with Gasteiger partial charge in [0.05, 0.1) is 23.7 Å². The fourth-order valence-corrected chi connectivity index (χ4v) is 5.44. The highest BCUT2D eigenvalue weighted by Crippen LogP contribution is 2.24. The lowest BCUT2D eigenvalue weighted by Crippen LogP contribution is -2.49. The summed E-state index contributed by atoms with van der Waals surface area (Å²) in [6, 6.07) is 9.94. The quantitative estimate of drug-likeness (QED) is 0.668. The van der Waals surface area contributed by atoms with Crippen molar-refractivity contribution in [3.8, 4) is 5.75 Å². The van der Waals surface area contributed by atoms with Crippen LogP contribution in [0.2, 0.25) is 0 Å². The molecule has 2 aliphatic rings. The third-order valence-electron chi connectivity index (χ3n) is 5.76. The molecule has 2 fully saturated rings. The molecule has 2 aliphatic heterocycles. The van der Waals surface area contributed by atoms with Crippen molar-refractivity contribution in [2.75, 3.05) is 51.3 Å². The van der Waals surface area contributed by atoms with Gasteiger partial charge in [-0.1, -0.05) is 6.07 Å². The number of nitrogens with zero attached hydrogens (tertiary/aromatic N) is 3. The standard InChI is InChI=1S/C22H28N4O5S/c1-30-17-5-2-7-19(15-17)32(28,29)26-12-10-25(11-13-26)21-20(8-3-9-23-21)22(27)24-16-18-6-4-14-31-18/h2-3,5,7-9,15,18H,4,6,10-14,16H2,1H3,(H,24,27). The lowest BCUT2D eigenvalue weighted by Gasteiger charge is -2.35. The van der Waals surface area contributed by atoms with Crippen LogP contribution in [0.25, 0.3) is 0 Å². The van der Waals surface area contributed by atoms with Crippen molar-refractivity contribution in [1.29, 1.82) is 0 Å². The Morgan fingerprint density at radius 1 is 1.22 bits per heavy atom. The summed E-state index contributed by atoms with van der Waals surface area (Å²) in [6.45, 7) is 2.68. The molecule has 1 aromatic carbocycles. The van der Waals surface area contributed by atoms with E-state index in [0.717, 1.165) is 19.4 Å². The first-order valence-corrected chi connectivity index (χ1v) is 12.2. The zero-order valence-corrected chi connectivity index (χ0v) is 18.9. The van der Waals surface area contributed by atoms with Gasteiger partial charge in [-0.05, 0) is 37.1 Å². The van der Waals surface area contributed by atoms with Crippen LogP contribution in [0.4, 0.5) is 5.82 Å². The zero-order valence-electron chi connectivity index (χ0n) is 18.1. The number of piperazine rings is 1. The third-order valence-corrected chi connectivity index (χ3v) is 7.66. The van der Waals surface area contributed by atoms with Gasteiger partial charge in [0.25, 0.3) is 5.91 Å². The minimum atomic E-state index is -3.63. The van der Waals surface area contributed by atoms with Crippen molar-refractivity contribution >= 4 is 21.7 Å². The number of ether oxygens (including phenoxy) is 2. The number of anilines is 1. The highest BCUT2D eigenvalue weighted by molar-refractivity contribution is 7.89. The lowest BCUT2D eigenvalue weighted by molar-refractivity contribution is 0.0858. The van der Waals surface area contributed by atoms with Crippen molar-refractivity contribution < 1.29 is 22.7 Å². The van der Waals surface area contributed by atoms with Crippen LogP contribution in [-0.4, -0.2) is 76.2 Å². The predicted octanol–water partition coefficient (Wildman–Crippen LogP) is 1.51. The van der Waals surface area contributed by atoms with Crippen LogP contribution in [-0.2, 0) is 14.8 Å². The maximum absolute atomic E-state index is 13.0. The maximum Gasteiger partial charge on any atom is 0.255 e. The SMILES string of the molecule is COc1cccc(S(=O)(=O)N2CCN(c3ncccc3C(=O)NCC3CCCO3)CC2)c1. The minimum absolute atomic E-state index is 0.0597. The molecule has 1 aromatic heterocycles. The predicted molar refractivity (Wildman–Crippen MR) is 120 cm³/mol. The van der Waals surface area contributed by atoms with Gasteiger partial charge in [0.1, 0.15) is 11.6 Å². The molecule has 10 heteroatoms. The number of rotatable bonds is 7. The molecule has 32 heavy (non-hydrogen) atoms. The zero-order chi connectivity index (χ0) is 22.6. The molecule has 2 aromatic rings. The Morgan fingerprint density at radius 2 is 2.03 bits per heavy atom. The summed E-state index contributed by atoms with van der Waals surface area (Å²) < 4.78 is 38.3. The second kappa shape index (κ2) is 9.85. The van der Waals surface area contributed by atoms with Gasteiger partial charge in [-0.25, -0.2) is 13.4 Å². The van der Waals surface area contributed by atoms with E-state index in [2.05, 4.69) is 10.3 Å². The molecular formula is C22H28N4O5S. The van der Waals surface area contributed by atoms with Crippen LogP contribution < -0.4 is 15.0 Å². The Hall–Kier alpha value is -2.69. The van der Waals surface area contributed by atoms with Crippen molar-refractivity contribution in [1.82, 2.24) is 14.6 Å². The first-order valence-electron chi connectivity index (χ1n) is 10.7. The average molecular weight is 461 g/mol. The van der Waals surface area contributed by atoms with E-state index in [0.29, 0.717) is 49.9 Å². The second-order valence-corrected chi connectivity index (χ2v) is 9.73. The molecule has 2 saturated heterocycles. The van der Waals surface area contributed by atoms with Crippen LogP contribution in [0.1, 0.15) is 23.2 Å². The van der Waals surface area contributed by atoms with E-state index in [1.807, 2.05) is 4.90 Å². The first-order chi connectivity index (χ1) is 15.5. The van der Waals surface area contributed by atoms with Crippen LogP contribution >= 0.6 is 0 Å². The van der Waals surface area contributed by atoms with Crippen LogP contribution in [0, 0.1) is 0 Å². The summed E-state index contributed by atoms with van der Waals surface area (Å²) in [7, 11) is -2.13. The summed E-state index contributed by atoms with van der Waals surface area (Å²) >= 11 is 0. The van der Waals surface area contributed by atoms with Crippen LogP contribution in [0.3, 0.4) is 0 Å².